The monoisotopic (exact) mass is 412 g/mol. The lowest BCUT2D eigenvalue weighted by atomic mass is 10.0. The molecule has 0 saturated carbocycles. The van der Waals surface area contributed by atoms with Gasteiger partial charge in [-0.1, -0.05) is 0 Å². The molecule has 148 valence electrons. The van der Waals surface area contributed by atoms with Crippen LogP contribution in [0.3, 0.4) is 0 Å². The van der Waals surface area contributed by atoms with Crippen molar-refractivity contribution in [3.8, 4) is 6.07 Å². The Labute approximate surface area is 169 Å². The molecule has 0 atom stereocenters. The number of aromatic amines is 2. The number of halogens is 1. The topological polar surface area (TPSA) is 119 Å². The first-order valence-corrected chi connectivity index (χ1v) is 9.40. The highest BCUT2D eigenvalue weighted by Gasteiger charge is 2.34. The molecule has 0 amide bonds. The third-order valence-corrected chi connectivity index (χ3v) is 5.08. The van der Waals surface area contributed by atoms with Crippen molar-refractivity contribution >= 4 is 35.0 Å². The average molecular weight is 412 g/mol. The summed E-state index contributed by atoms with van der Waals surface area (Å²) >= 11 is 4.35. The van der Waals surface area contributed by atoms with E-state index < -0.39 is 17.0 Å². The van der Waals surface area contributed by atoms with Crippen molar-refractivity contribution in [3.63, 3.8) is 0 Å². The van der Waals surface area contributed by atoms with Crippen LogP contribution in [0, 0.1) is 17.3 Å². The van der Waals surface area contributed by atoms with Crippen molar-refractivity contribution in [2.24, 2.45) is 0 Å². The zero-order valence-electron chi connectivity index (χ0n) is 15.6. The minimum atomic E-state index is -0.919. The smallest absolute Gasteiger partial charge is 0.275 e. The van der Waals surface area contributed by atoms with Crippen LogP contribution in [0.25, 0.3) is 16.6 Å². The Balaban J connectivity index is 1.94. The molecular weight excluding hydrogens is 395 g/mol. The van der Waals surface area contributed by atoms with Gasteiger partial charge in [-0.3, -0.25) is 4.79 Å². The minimum Gasteiger partial charge on any atom is -0.345 e. The molecule has 2 N–H and O–H groups in total. The number of fused-ring (bicyclic) bond motifs is 2. The molecule has 0 aromatic carbocycles. The van der Waals surface area contributed by atoms with Gasteiger partial charge in [0.05, 0.1) is 16.5 Å². The fourth-order valence-corrected chi connectivity index (χ4v) is 3.57. The number of nitriles is 1. The number of rotatable bonds is 5. The van der Waals surface area contributed by atoms with Crippen molar-refractivity contribution in [1.29, 1.82) is 5.26 Å². The predicted octanol–water partition coefficient (Wildman–Crippen LogP) is 1.98. The molecule has 4 aromatic rings. The fraction of sp³-hybridized carbons (Fsp3) is 0.278. The van der Waals surface area contributed by atoms with Crippen molar-refractivity contribution < 1.29 is 4.39 Å². The van der Waals surface area contributed by atoms with E-state index in [1.165, 1.54) is 18.5 Å². The Kier molecular flexibility index (Phi) is 4.50. The lowest BCUT2D eigenvalue weighted by Gasteiger charge is -2.38. The predicted molar refractivity (Wildman–Crippen MR) is 109 cm³/mol. The number of H-pyrrole nitrogens is 2. The number of hydrogen-bond acceptors (Lipinski definition) is 7. The molecule has 0 spiro atoms. The highest BCUT2D eigenvalue weighted by Crippen LogP contribution is 2.34. The van der Waals surface area contributed by atoms with E-state index in [-0.39, 0.29) is 11.3 Å². The molecular formula is C18H17FN8OS. The van der Waals surface area contributed by atoms with E-state index in [0.29, 0.717) is 34.7 Å². The van der Waals surface area contributed by atoms with Crippen molar-refractivity contribution in [1.82, 2.24) is 29.5 Å². The van der Waals surface area contributed by atoms with Gasteiger partial charge in [0, 0.05) is 18.5 Å². The second-order valence-electron chi connectivity index (χ2n) is 6.93. The maximum atomic E-state index is 14.1. The van der Waals surface area contributed by atoms with Crippen molar-refractivity contribution in [2.75, 3.05) is 17.2 Å². The molecule has 0 bridgehead atoms. The maximum Gasteiger partial charge on any atom is 0.275 e. The van der Waals surface area contributed by atoms with Crippen LogP contribution in [0.1, 0.15) is 25.2 Å². The Morgan fingerprint density at radius 3 is 2.90 bits per heavy atom. The molecule has 0 aliphatic rings. The first-order chi connectivity index (χ1) is 13.9. The van der Waals surface area contributed by atoms with E-state index in [0.717, 1.165) is 4.52 Å². The summed E-state index contributed by atoms with van der Waals surface area (Å²) in [5, 5.41) is 14.3. The van der Waals surface area contributed by atoms with Gasteiger partial charge in [0.15, 0.2) is 5.82 Å². The number of thiol groups is 1. The molecule has 0 fully saturated rings. The van der Waals surface area contributed by atoms with E-state index >= 15 is 0 Å². The van der Waals surface area contributed by atoms with Crippen LogP contribution in [0.5, 0.6) is 0 Å². The van der Waals surface area contributed by atoms with Crippen LogP contribution in [0.2, 0.25) is 0 Å². The average Bonchev–Trinajstić information content (AvgIpc) is 3.30. The van der Waals surface area contributed by atoms with Gasteiger partial charge in [0.2, 0.25) is 5.95 Å². The SMILES string of the molecule is CC(C)(c1nn2c(F)ccc2c(=O)[nH]1)N(CCS)c1ncnc2[nH]cc(C#N)c12. The van der Waals surface area contributed by atoms with Crippen LogP contribution in [0.15, 0.2) is 29.5 Å². The van der Waals surface area contributed by atoms with Crippen LogP contribution in [-0.2, 0) is 5.54 Å². The van der Waals surface area contributed by atoms with Gasteiger partial charge in [0.25, 0.3) is 5.56 Å². The van der Waals surface area contributed by atoms with Gasteiger partial charge in [-0.25, -0.2) is 9.97 Å². The Morgan fingerprint density at radius 1 is 1.38 bits per heavy atom. The molecule has 29 heavy (non-hydrogen) atoms. The van der Waals surface area contributed by atoms with Gasteiger partial charge in [-0.05, 0) is 26.0 Å². The number of aromatic nitrogens is 6. The number of nitrogens with zero attached hydrogens (tertiary/aromatic N) is 6. The lowest BCUT2D eigenvalue weighted by molar-refractivity contribution is 0.438. The maximum absolute atomic E-state index is 14.1. The first-order valence-electron chi connectivity index (χ1n) is 8.77. The van der Waals surface area contributed by atoms with Crippen LogP contribution in [0.4, 0.5) is 10.2 Å². The van der Waals surface area contributed by atoms with E-state index in [9.17, 15) is 14.4 Å². The molecule has 0 saturated heterocycles. The fourth-order valence-electron chi connectivity index (χ4n) is 3.37. The standard InChI is InChI=1S/C18H17FN8OS/c1-18(2,17-24-16(28)11-3-4-12(19)27(11)25-17)26(5-6-29)15-13-10(7-20)8-21-14(13)22-9-23-15/h3-4,8-9,29H,5-6H2,1-2H3,(H,21,22,23)(H,24,25,28). The summed E-state index contributed by atoms with van der Waals surface area (Å²) in [5.41, 5.74) is -0.351. The molecule has 11 heteroatoms. The summed E-state index contributed by atoms with van der Waals surface area (Å²) in [7, 11) is 0. The summed E-state index contributed by atoms with van der Waals surface area (Å²) < 4.78 is 15.1. The number of anilines is 1. The van der Waals surface area contributed by atoms with Gasteiger partial charge in [-0.15, -0.1) is 5.10 Å². The van der Waals surface area contributed by atoms with E-state index in [1.54, 1.807) is 6.20 Å². The second-order valence-corrected chi connectivity index (χ2v) is 7.37. The molecule has 4 aromatic heterocycles. The largest absolute Gasteiger partial charge is 0.345 e. The zero-order valence-corrected chi connectivity index (χ0v) is 16.5. The van der Waals surface area contributed by atoms with Gasteiger partial charge < -0.3 is 14.9 Å². The number of nitrogens with one attached hydrogen (secondary N) is 2. The highest BCUT2D eigenvalue weighted by atomic mass is 32.1. The Bertz CT molecular complexity index is 1320. The minimum absolute atomic E-state index is 0.115. The van der Waals surface area contributed by atoms with Crippen LogP contribution in [-0.4, -0.2) is 41.8 Å². The molecule has 4 rings (SSSR count). The molecule has 0 unspecified atom stereocenters. The summed E-state index contributed by atoms with van der Waals surface area (Å²) in [5.74, 6) is 0.562. The quantitative estimate of drug-likeness (QED) is 0.431. The van der Waals surface area contributed by atoms with E-state index in [1.807, 2.05) is 18.7 Å². The first kappa shape index (κ1) is 18.9. The molecule has 4 heterocycles. The lowest BCUT2D eigenvalue weighted by Crippen LogP contribution is -2.46. The molecule has 0 aliphatic carbocycles. The summed E-state index contributed by atoms with van der Waals surface area (Å²) in [6.45, 7) is 4.08. The highest BCUT2D eigenvalue weighted by molar-refractivity contribution is 7.80. The van der Waals surface area contributed by atoms with Crippen molar-refractivity contribution in [3.05, 3.63) is 52.3 Å². The Morgan fingerprint density at radius 2 is 2.17 bits per heavy atom. The van der Waals surface area contributed by atoms with Gasteiger partial charge in [0.1, 0.15) is 29.4 Å². The van der Waals surface area contributed by atoms with Gasteiger partial charge in [-0.2, -0.15) is 26.8 Å². The summed E-state index contributed by atoms with van der Waals surface area (Å²) in [6.07, 6.45) is 2.96. The van der Waals surface area contributed by atoms with E-state index in [2.05, 4.69) is 43.7 Å². The number of hydrogen-bond donors (Lipinski definition) is 3. The third-order valence-electron chi connectivity index (χ3n) is 4.88. The molecule has 9 nitrogen and oxygen atoms in total. The van der Waals surface area contributed by atoms with Gasteiger partial charge >= 0.3 is 0 Å². The van der Waals surface area contributed by atoms with Crippen LogP contribution < -0.4 is 10.5 Å². The third kappa shape index (κ3) is 2.92. The zero-order chi connectivity index (χ0) is 20.8. The second kappa shape index (κ2) is 6.89. The molecule has 0 radical (unpaired) electrons. The van der Waals surface area contributed by atoms with Crippen molar-refractivity contribution in [2.45, 2.75) is 19.4 Å². The summed E-state index contributed by atoms with van der Waals surface area (Å²) in [4.78, 5) is 28.6. The Hall–Kier alpha value is -3.39. The molecule has 0 aliphatic heterocycles. The summed E-state index contributed by atoms with van der Waals surface area (Å²) in [6, 6.07) is 4.69. The van der Waals surface area contributed by atoms with Crippen LogP contribution >= 0.6 is 12.6 Å². The normalized spacial score (nSPS) is 11.8. The van der Waals surface area contributed by atoms with E-state index in [4.69, 9.17) is 0 Å².